The van der Waals surface area contributed by atoms with Crippen molar-refractivity contribution in [2.24, 2.45) is 10.9 Å². The molecule has 0 saturated heterocycles. The predicted octanol–water partition coefficient (Wildman–Crippen LogP) is 8.91. The van der Waals surface area contributed by atoms with E-state index in [1.165, 1.54) is 42.1 Å². The Kier molecular flexibility index (Phi) is 12.1. The van der Waals surface area contributed by atoms with Gasteiger partial charge in [0.05, 0.1) is 21.5 Å². The summed E-state index contributed by atoms with van der Waals surface area (Å²) in [6.07, 6.45) is 6.25. The minimum Gasteiger partial charge on any atom is -0.478 e. The molecule has 0 aromatic heterocycles. The summed E-state index contributed by atoms with van der Waals surface area (Å²) in [5.41, 5.74) is 1.03. The van der Waals surface area contributed by atoms with E-state index in [0.717, 1.165) is 11.3 Å². The van der Waals surface area contributed by atoms with Gasteiger partial charge in [0.2, 0.25) is 0 Å². The van der Waals surface area contributed by atoms with Crippen molar-refractivity contribution >= 4 is 47.7 Å². The number of carboxylic acid groups (broad SMARTS) is 1. The summed E-state index contributed by atoms with van der Waals surface area (Å²) in [5, 5.41) is 10.3. The van der Waals surface area contributed by atoms with Crippen LogP contribution in [0.1, 0.15) is 49.2 Å². The molecule has 0 heterocycles. The second-order valence-corrected chi connectivity index (χ2v) is 11.2. The SMILES string of the molecule is C=N/C=C(\N(C/C=C\C(F)=C/C(C)C)CSCc1c(F)cccc1C(=O)O)C(C)(C)c1ccc(Cl)c(Cl)c1. The van der Waals surface area contributed by atoms with Crippen LogP contribution >= 0.6 is 35.0 Å². The Labute approximate surface area is 237 Å². The van der Waals surface area contributed by atoms with Crippen molar-refractivity contribution in [3.8, 4) is 0 Å². The summed E-state index contributed by atoms with van der Waals surface area (Å²) >= 11 is 13.8. The van der Waals surface area contributed by atoms with Crippen molar-refractivity contribution in [1.29, 1.82) is 0 Å². The zero-order valence-electron chi connectivity index (χ0n) is 21.8. The first-order chi connectivity index (χ1) is 17.9. The van der Waals surface area contributed by atoms with E-state index in [1.807, 2.05) is 38.7 Å². The first-order valence-corrected chi connectivity index (χ1v) is 13.8. The summed E-state index contributed by atoms with van der Waals surface area (Å²) in [7, 11) is 0. The van der Waals surface area contributed by atoms with Gasteiger partial charge in [-0.15, -0.1) is 11.8 Å². The van der Waals surface area contributed by atoms with E-state index in [2.05, 4.69) is 11.7 Å². The molecule has 0 fully saturated rings. The van der Waals surface area contributed by atoms with Crippen LogP contribution in [-0.2, 0) is 11.2 Å². The lowest BCUT2D eigenvalue weighted by Gasteiger charge is -2.37. The quantitative estimate of drug-likeness (QED) is 0.146. The minimum absolute atomic E-state index is 0.0597. The third-order valence-corrected chi connectivity index (χ3v) is 7.50. The molecule has 0 bridgehead atoms. The van der Waals surface area contributed by atoms with Crippen LogP contribution in [0.15, 0.2) is 77.3 Å². The standard InChI is InChI=1S/C29H32Cl2F2N2O2S/c1-19(2)14-21(32)8-7-13-35(18-38-17-23-22(28(36)37)9-6-10-26(23)33)27(16-34-5)29(3,4)20-11-12-24(30)25(31)15-20/h6-12,14-16,19H,5,13,17-18H2,1-4H3,(H,36,37)/b8-7-,21-14+,27-16-. The van der Waals surface area contributed by atoms with Crippen LogP contribution in [0.5, 0.6) is 0 Å². The highest BCUT2D eigenvalue weighted by molar-refractivity contribution is 7.98. The van der Waals surface area contributed by atoms with Gasteiger partial charge in [-0.25, -0.2) is 13.6 Å². The molecule has 38 heavy (non-hydrogen) atoms. The van der Waals surface area contributed by atoms with Crippen LogP contribution < -0.4 is 0 Å². The Morgan fingerprint density at radius 2 is 1.95 bits per heavy atom. The molecule has 9 heteroatoms. The topological polar surface area (TPSA) is 52.9 Å². The minimum atomic E-state index is -1.19. The van der Waals surface area contributed by atoms with Gasteiger partial charge in [-0.05, 0) is 54.6 Å². The summed E-state index contributed by atoms with van der Waals surface area (Å²) in [6, 6.07) is 9.37. The molecule has 0 spiro atoms. The van der Waals surface area contributed by atoms with Crippen LogP contribution in [0.25, 0.3) is 0 Å². The van der Waals surface area contributed by atoms with Gasteiger partial charge in [-0.3, -0.25) is 4.99 Å². The Bertz CT molecular complexity index is 1240. The normalized spacial score (nSPS) is 12.9. The number of aliphatic imine (C=N–C) groups is 1. The van der Waals surface area contributed by atoms with Gasteiger partial charge in [0.25, 0.3) is 0 Å². The van der Waals surface area contributed by atoms with Crippen molar-refractivity contribution in [3.63, 3.8) is 0 Å². The molecule has 2 aromatic rings. The lowest BCUT2D eigenvalue weighted by atomic mass is 9.81. The van der Waals surface area contributed by atoms with E-state index in [4.69, 9.17) is 23.2 Å². The number of carboxylic acids is 1. The Morgan fingerprint density at radius 1 is 1.24 bits per heavy atom. The number of thioether (sulfide) groups is 1. The third-order valence-electron chi connectivity index (χ3n) is 5.77. The molecule has 4 nitrogen and oxygen atoms in total. The summed E-state index contributed by atoms with van der Waals surface area (Å²) in [6.45, 7) is 11.7. The number of aromatic carboxylic acids is 1. The zero-order valence-corrected chi connectivity index (χ0v) is 24.2. The highest BCUT2D eigenvalue weighted by Gasteiger charge is 2.30. The molecule has 0 radical (unpaired) electrons. The van der Waals surface area contributed by atoms with E-state index in [9.17, 15) is 18.7 Å². The molecular formula is C29H32Cl2F2N2O2S. The average molecular weight is 582 g/mol. The van der Waals surface area contributed by atoms with E-state index >= 15 is 0 Å². The highest BCUT2D eigenvalue weighted by Crippen LogP contribution is 2.37. The lowest BCUT2D eigenvalue weighted by molar-refractivity contribution is 0.0695. The number of hydrogen-bond donors (Lipinski definition) is 1. The second kappa shape index (κ2) is 14.5. The molecule has 0 aliphatic rings. The van der Waals surface area contributed by atoms with Gasteiger partial charge in [-0.2, -0.15) is 0 Å². The maximum Gasteiger partial charge on any atom is 0.336 e. The molecule has 0 amide bonds. The van der Waals surface area contributed by atoms with Crippen LogP contribution in [0, 0.1) is 11.7 Å². The van der Waals surface area contributed by atoms with Crippen LogP contribution in [0.4, 0.5) is 8.78 Å². The summed E-state index contributed by atoms with van der Waals surface area (Å²) < 4.78 is 28.7. The molecule has 0 atom stereocenters. The van der Waals surface area contributed by atoms with E-state index in [0.29, 0.717) is 22.5 Å². The molecule has 1 N–H and O–H groups in total. The Balaban J connectivity index is 2.42. The van der Waals surface area contributed by atoms with Crippen molar-refractivity contribution in [3.05, 3.63) is 105 Å². The summed E-state index contributed by atoms with van der Waals surface area (Å²) in [4.78, 5) is 17.6. The molecule has 0 aliphatic heterocycles. The maximum absolute atomic E-state index is 14.5. The zero-order chi connectivity index (χ0) is 28.5. The average Bonchev–Trinajstić information content (AvgIpc) is 2.83. The Hall–Kier alpha value is -2.61. The van der Waals surface area contributed by atoms with Gasteiger partial charge in [0.15, 0.2) is 0 Å². The smallest absolute Gasteiger partial charge is 0.336 e. The summed E-state index contributed by atoms with van der Waals surface area (Å²) in [5.74, 6) is -1.60. The van der Waals surface area contributed by atoms with E-state index in [-0.39, 0.29) is 28.6 Å². The molecule has 0 saturated carbocycles. The van der Waals surface area contributed by atoms with Gasteiger partial charge < -0.3 is 10.0 Å². The predicted molar refractivity (Wildman–Crippen MR) is 157 cm³/mol. The fourth-order valence-corrected chi connectivity index (χ4v) is 5.16. The third kappa shape index (κ3) is 8.72. The van der Waals surface area contributed by atoms with Gasteiger partial charge >= 0.3 is 5.97 Å². The van der Waals surface area contributed by atoms with Crippen LogP contribution in [0.3, 0.4) is 0 Å². The number of benzene rings is 2. The number of carbonyl (C=O) groups is 1. The molecule has 204 valence electrons. The van der Waals surface area contributed by atoms with Gasteiger partial charge in [-0.1, -0.05) is 69.1 Å². The molecule has 0 aliphatic carbocycles. The van der Waals surface area contributed by atoms with Gasteiger partial charge in [0.1, 0.15) is 11.6 Å². The lowest BCUT2D eigenvalue weighted by Crippen LogP contribution is -2.35. The molecule has 2 rings (SSSR count). The van der Waals surface area contributed by atoms with Crippen molar-refractivity contribution < 1.29 is 18.7 Å². The number of halogens is 4. The highest BCUT2D eigenvalue weighted by atomic mass is 35.5. The van der Waals surface area contributed by atoms with E-state index in [1.54, 1.807) is 24.4 Å². The monoisotopic (exact) mass is 580 g/mol. The Morgan fingerprint density at radius 3 is 2.55 bits per heavy atom. The van der Waals surface area contributed by atoms with Crippen molar-refractivity contribution in [2.75, 3.05) is 12.4 Å². The number of allylic oxidation sites excluding steroid dienone is 4. The molecule has 0 unspecified atom stereocenters. The van der Waals surface area contributed by atoms with Crippen LogP contribution in [-0.4, -0.2) is 35.1 Å². The molecule has 2 aromatic carbocycles. The van der Waals surface area contributed by atoms with Crippen molar-refractivity contribution in [1.82, 2.24) is 4.90 Å². The number of rotatable bonds is 13. The molecular weight excluding hydrogens is 549 g/mol. The van der Waals surface area contributed by atoms with E-state index < -0.39 is 17.2 Å². The first kappa shape index (κ1) is 31.6. The maximum atomic E-state index is 14.5. The number of hydrogen-bond acceptors (Lipinski definition) is 4. The fraction of sp³-hybridized carbons (Fsp3) is 0.310. The second-order valence-electron chi connectivity index (χ2n) is 9.42. The van der Waals surface area contributed by atoms with Crippen molar-refractivity contribution in [2.45, 2.75) is 38.9 Å². The van der Waals surface area contributed by atoms with Gasteiger partial charge in [0, 0.05) is 35.2 Å². The number of nitrogens with zero attached hydrogens (tertiary/aromatic N) is 2. The largest absolute Gasteiger partial charge is 0.478 e. The van der Waals surface area contributed by atoms with Crippen LogP contribution in [0.2, 0.25) is 10.0 Å². The fourth-order valence-electron chi connectivity index (χ4n) is 3.81. The first-order valence-electron chi connectivity index (χ1n) is 11.9.